The van der Waals surface area contributed by atoms with Gasteiger partial charge in [0, 0.05) is 32.5 Å². The molecule has 1 N–H and O–H groups in total. The molecule has 4 heterocycles. The van der Waals surface area contributed by atoms with Gasteiger partial charge in [-0.3, -0.25) is 4.90 Å². The molecule has 0 amide bonds. The largest absolute Gasteiger partial charge is 0.468 e. The van der Waals surface area contributed by atoms with Crippen LogP contribution in [-0.4, -0.2) is 60.2 Å². The normalized spacial score (nSPS) is 27.6. The molecule has 1 spiro atoms. The second-order valence-corrected chi connectivity index (χ2v) is 6.91. The van der Waals surface area contributed by atoms with Crippen molar-refractivity contribution in [3.8, 4) is 0 Å². The van der Waals surface area contributed by atoms with E-state index in [0.29, 0.717) is 31.0 Å². The highest BCUT2D eigenvalue weighted by Crippen LogP contribution is 2.33. The van der Waals surface area contributed by atoms with Crippen LogP contribution in [0.25, 0.3) is 0 Å². The minimum atomic E-state index is -0.250. The maximum atomic E-state index is 6.21. The lowest BCUT2D eigenvalue weighted by molar-refractivity contribution is -0.0565. The van der Waals surface area contributed by atoms with Crippen molar-refractivity contribution in [2.45, 2.75) is 25.5 Å². The van der Waals surface area contributed by atoms with Crippen LogP contribution >= 0.6 is 0 Å². The van der Waals surface area contributed by atoms with E-state index in [1.165, 1.54) is 0 Å². The van der Waals surface area contributed by atoms with Crippen LogP contribution < -0.4 is 5.32 Å². The Kier molecular flexibility index (Phi) is 4.74. The molecule has 4 rings (SSSR count). The summed E-state index contributed by atoms with van der Waals surface area (Å²) in [4.78, 5) is 2.35. The second-order valence-electron chi connectivity index (χ2n) is 6.91. The van der Waals surface area contributed by atoms with Gasteiger partial charge in [0.2, 0.25) is 5.89 Å². The number of nitrogens with one attached hydrogen (secondary N) is 1. The van der Waals surface area contributed by atoms with Gasteiger partial charge in [-0.1, -0.05) is 5.10 Å². The Balaban J connectivity index is 1.34. The van der Waals surface area contributed by atoms with Gasteiger partial charge in [-0.15, -0.1) is 5.10 Å². The standard InChI is InChI=1S/C17H24N4O4/c1-13-19-20-16(25-13)18-8-14-7-17(24-10-14)11-21(4-6-22-12-17)9-15-3-2-5-23-15/h2-3,5,14H,4,6-12H2,1H3,(H,18,20). The van der Waals surface area contributed by atoms with Gasteiger partial charge in [0.25, 0.3) is 0 Å². The molecule has 2 atom stereocenters. The van der Waals surface area contributed by atoms with E-state index in [9.17, 15) is 0 Å². The lowest BCUT2D eigenvalue weighted by Crippen LogP contribution is -2.43. The Bertz CT molecular complexity index is 674. The van der Waals surface area contributed by atoms with Crippen molar-refractivity contribution in [1.82, 2.24) is 15.1 Å². The lowest BCUT2D eigenvalue weighted by Gasteiger charge is -2.30. The van der Waals surface area contributed by atoms with Crippen molar-refractivity contribution in [2.75, 3.05) is 44.8 Å². The van der Waals surface area contributed by atoms with Gasteiger partial charge in [-0.25, -0.2) is 0 Å². The zero-order valence-electron chi connectivity index (χ0n) is 14.4. The fourth-order valence-corrected chi connectivity index (χ4v) is 3.62. The topological polar surface area (TPSA) is 85.8 Å². The van der Waals surface area contributed by atoms with E-state index in [1.807, 2.05) is 12.1 Å². The van der Waals surface area contributed by atoms with Gasteiger partial charge in [0.05, 0.1) is 32.6 Å². The Hall–Kier alpha value is -1.90. The molecule has 0 bridgehead atoms. The van der Waals surface area contributed by atoms with Gasteiger partial charge in [-0.05, 0) is 18.6 Å². The number of rotatable bonds is 5. The maximum absolute atomic E-state index is 6.21. The van der Waals surface area contributed by atoms with E-state index in [4.69, 9.17) is 18.3 Å². The van der Waals surface area contributed by atoms with Crippen molar-refractivity contribution < 1.29 is 18.3 Å². The maximum Gasteiger partial charge on any atom is 0.315 e. The van der Waals surface area contributed by atoms with Crippen LogP contribution in [0.3, 0.4) is 0 Å². The Labute approximate surface area is 146 Å². The van der Waals surface area contributed by atoms with E-state index in [-0.39, 0.29) is 5.60 Å². The molecule has 0 aromatic carbocycles. The highest BCUT2D eigenvalue weighted by atomic mass is 16.5. The molecule has 2 aliphatic rings. The number of aryl methyl sites for hydroxylation is 1. The number of anilines is 1. The Morgan fingerprint density at radius 3 is 3.16 bits per heavy atom. The first-order valence-electron chi connectivity index (χ1n) is 8.71. The molecule has 0 radical (unpaired) electrons. The van der Waals surface area contributed by atoms with E-state index in [0.717, 1.165) is 45.0 Å². The summed E-state index contributed by atoms with van der Waals surface area (Å²) >= 11 is 0. The summed E-state index contributed by atoms with van der Waals surface area (Å²) in [6.45, 7) is 7.11. The minimum absolute atomic E-state index is 0.250. The summed E-state index contributed by atoms with van der Waals surface area (Å²) in [6, 6.07) is 4.40. The molecule has 25 heavy (non-hydrogen) atoms. The van der Waals surface area contributed by atoms with Gasteiger partial charge >= 0.3 is 6.01 Å². The minimum Gasteiger partial charge on any atom is -0.468 e. The number of hydrogen-bond donors (Lipinski definition) is 1. The van der Waals surface area contributed by atoms with Gasteiger partial charge in [0.1, 0.15) is 11.4 Å². The Morgan fingerprint density at radius 2 is 2.36 bits per heavy atom. The Morgan fingerprint density at radius 1 is 1.40 bits per heavy atom. The van der Waals surface area contributed by atoms with Gasteiger partial charge in [-0.2, -0.15) is 0 Å². The zero-order valence-corrected chi connectivity index (χ0v) is 14.4. The number of hydrogen-bond acceptors (Lipinski definition) is 8. The first kappa shape index (κ1) is 16.6. The summed E-state index contributed by atoms with van der Waals surface area (Å²) in [6.07, 6.45) is 2.66. The van der Waals surface area contributed by atoms with Gasteiger partial charge in [0.15, 0.2) is 0 Å². The summed E-state index contributed by atoms with van der Waals surface area (Å²) in [7, 11) is 0. The van der Waals surface area contributed by atoms with Crippen molar-refractivity contribution in [2.24, 2.45) is 5.92 Å². The molecular weight excluding hydrogens is 324 g/mol. The summed E-state index contributed by atoms with van der Waals surface area (Å²) in [5.74, 6) is 1.92. The molecule has 8 nitrogen and oxygen atoms in total. The summed E-state index contributed by atoms with van der Waals surface area (Å²) in [5.41, 5.74) is -0.250. The second kappa shape index (κ2) is 7.15. The number of ether oxygens (including phenoxy) is 2. The third-order valence-corrected chi connectivity index (χ3v) is 4.74. The van der Waals surface area contributed by atoms with Crippen molar-refractivity contribution >= 4 is 6.01 Å². The molecule has 2 fully saturated rings. The fraction of sp³-hybridized carbons (Fsp3) is 0.647. The first-order valence-corrected chi connectivity index (χ1v) is 8.71. The van der Waals surface area contributed by atoms with Crippen molar-refractivity contribution in [3.63, 3.8) is 0 Å². The predicted molar refractivity (Wildman–Crippen MR) is 89.1 cm³/mol. The van der Waals surface area contributed by atoms with E-state index < -0.39 is 0 Å². The van der Waals surface area contributed by atoms with Gasteiger partial charge < -0.3 is 23.6 Å². The summed E-state index contributed by atoms with van der Waals surface area (Å²) in [5, 5.41) is 11.0. The number of furan rings is 1. The van der Waals surface area contributed by atoms with Crippen LogP contribution in [0, 0.1) is 12.8 Å². The monoisotopic (exact) mass is 348 g/mol. The molecule has 2 aromatic heterocycles. The number of aromatic nitrogens is 2. The van der Waals surface area contributed by atoms with Crippen molar-refractivity contribution in [3.05, 3.63) is 30.0 Å². The fourth-order valence-electron chi connectivity index (χ4n) is 3.62. The molecule has 2 aliphatic heterocycles. The molecule has 2 saturated heterocycles. The average Bonchev–Trinajstić information content (AvgIpc) is 3.29. The SMILES string of the molecule is Cc1nnc(NCC2COC3(COCCN(Cc4ccco4)C3)C2)o1. The van der Waals surface area contributed by atoms with Crippen LogP contribution in [0.2, 0.25) is 0 Å². The lowest BCUT2D eigenvalue weighted by atomic mass is 9.94. The van der Waals surface area contributed by atoms with Crippen LogP contribution in [-0.2, 0) is 16.0 Å². The average molecular weight is 348 g/mol. The number of nitrogens with zero attached hydrogens (tertiary/aromatic N) is 3. The van der Waals surface area contributed by atoms with Crippen LogP contribution in [0.15, 0.2) is 27.2 Å². The van der Waals surface area contributed by atoms with Crippen LogP contribution in [0.5, 0.6) is 0 Å². The third-order valence-electron chi connectivity index (χ3n) is 4.74. The molecule has 0 saturated carbocycles. The highest BCUT2D eigenvalue weighted by molar-refractivity contribution is 5.17. The molecule has 8 heteroatoms. The van der Waals surface area contributed by atoms with Crippen molar-refractivity contribution in [1.29, 1.82) is 0 Å². The smallest absolute Gasteiger partial charge is 0.315 e. The van der Waals surface area contributed by atoms with Crippen LogP contribution in [0.4, 0.5) is 6.01 Å². The molecule has 2 unspecified atom stereocenters. The van der Waals surface area contributed by atoms with E-state index in [2.05, 4.69) is 20.4 Å². The zero-order chi connectivity index (χ0) is 17.1. The van der Waals surface area contributed by atoms with Crippen LogP contribution in [0.1, 0.15) is 18.1 Å². The molecule has 0 aliphatic carbocycles. The molecule has 136 valence electrons. The highest BCUT2D eigenvalue weighted by Gasteiger charge is 2.43. The molecule has 2 aromatic rings. The quantitative estimate of drug-likeness (QED) is 0.874. The predicted octanol–water partition coefficient (Wildman–Crippen LogP) is 1.69. The van der Waals surface area contributed by atoms with E-state index >= 15 is 0 Å². The van der Waals surface area contributed by atoms with E-state index in [1.54, 1.807) is 13.2 Å². The first-order chi connectivity index (χ1) is 12.2. The summed E-state index contributed by atoms with van der Waals surface area (Å²) < 4.78 is 22.9. The molecular formula is C17H24N4O4. The third kappa shape index (κ3) is 4.02.